The number of hydrogen-bond donors (Lipinski definition) is 2. The first-order chi connectivity index (χ1) is 10.1. The molecule has 0 radical (unpaired) electrons. The smallest absolute Gasteiger partial charge is 0.223 e. The summed E-state index contributed by atoms with van der Waals surface area (Å²) in [5.41, 5.74) is 5.93. The van der Waals surface area contributed by atoms with Crippen molar-refractivity contribution in [1.29, 1.82) is 0 Å². The van der Waals surface area contributed by atoms with Crippen LogP contribution in [0.5, 0.6) is 5.75 Å². The van der Waals surface area contributed by atoms with Gasteiger partial charge in [-0.3, -0.25) is 4.79 Å². The second-order valence-corrected chi connectivity index (χ2v) is 6.58. The number of benzene rings is 1. The monoisotopic (exact) mass is 354 g/mol. The average molecular weight is 355 g/mol. The molecule has 3 N–H and O–H groups in total. The van der Waals surface area contributed by atoms with E-state index in [0.717, 1.165) is 35.9 Å². The maximum absolute atomic E-state index is 12.1. The predicted molar refractivity (Wildman–Crippen MR) is 87.2 cm³/mol. The standard InChI is InChI=1S/C16H23BrN2O2/c1-11(21-15-8-3-2-7-14(15)17)10-19-16(20)12-5-4-6-13(18)9-12/h2-3,7-8,11-13H,4-6,9-10,18H2,1H3,(H,19,20). The van der Waals surface area contributed by atoms with Gasteiger partial charge in [-0.1, -0.05) is 18.6 Å². The Kier molecular flexibility index (Phi) is 6.06. The molecule has 1 aliphatic rings. The number of carbonyl (C=O) groups is 1. The lowest BCUT2D eigenvalue weighted by molar-refractivity contribution is -0.126. The van der Waals surface area contributed by atoms with Gasteiger partial charge in [0.05, 0.1) is 11.0 Å². The van der Waals surface area contributed by atoms with Crippen molar-refractivity contribution in [2.45, 2.75) is 44.8 Å². The number of ether oxygens (including phenoxy) is 1. The van der Waals surface area contributed by atoms with E-state index in [0.29, 0.717) is 6.54 Å². The molecule has 1 fully saturated rings. The highest BCUT2D eigenvalue weighted by atomic mass is 79.9. The number of halogens is 1. The first-order valence-electron chi connectivity index (χ1n) is 7.50. The Hall–Kier alpha value is -1.07. The van der Waals surface area contributed by atoms with Crippen LogP contribution in [-0.4, -0.2) is 24.6 Å². The Balaban J connectivity index is 1.77. The van der Waals surface area contributed by atoms with Crippen LogP contribution in [0.15, 0.2) is 28.7 Å². The van der Waals surface area contributed by atoms with Crippen molar-refractivity contribution in [2.24, 2.45) is 11.7 Å². The van der Waals surface area contributed by atoms with E-state index in [-0.39, 0.29) is 24.0 Å². The maximum Gasteiger partial charge on any atom is 0.223 e. The molecule has 3 atom stereocenters. The van der Waals surface area contributed by atoms with Crippen molar-refractivity contribution < 1.29 is 9.53 Å². The van der Waals surface area contributed by atoms with Gasteiger partial charge in [0.1, 0.15) is 11.9 Å². The van der Waals surface area contributed by atoms with Gasteiger partial charge in [0, 0.05) is 12.0 Å². The fourth-order valence-corrected chi connectivity index (χ4v) is 3.03. The summed E-state index contributed by atoms with van der Waals surface area (Å²) < 4.78 is 6.74. The van der Waals surface area contributed by atoms with Crippen molar-refractivity contribution in [3.8, 4) is 5.75 Å². The molecule has 1 saturated carbocycles. The van der Waals surface area contributed by atoms with Crippen LogP contribution in [0.2, 0.25) is 0 Å². The summed E-state index contributed by atoms with van der Waals surface area (Å²) in [6.45, 7) is 2.46. The Morgan fingerprint density at radius 3 is 2.95 bits per heavy atom. The van der Waals surface area contributed by atoms with Crippen molar-refractivity contribution in [1.82, 2.24) is 5.32 Å². The normalized spacial score (nSPS) is 23.4. The Morgan fingerprint density at radius 2 is 2.24 bits per heavy atom. The van der Waals surface area contributed by atoms with Crippen LogP contribution in [0.3, 0.4) is 0 Å². The molecule has 5 heteroatoms. The van der Waals surface area contributed by atoms with Gasteiger partial charge in [0.15, 0.2) is 0 Å². The molecule has 0 heterocycles. The summed E-state index contributed by atoms with van der Waals surface area (Å²) in [6, 6.07) is 7.88. The van der Waals surface area contributed by atoms with Crippen LogP contribution in [-0.2, 0) is 4.79 Å². The molecule has 1 aromatic rings. The topological polar surface area (TPSA) is 64.4 Å². The molecule has 116 valence electrons. The number of nitrogens with two attached hydrogens (primary N) is 1. The van der Waals surface area contributed by atoms with Crippen molar-refractivity contribution in [3.05, 3.63) is 28.7 Å². The zero-order valence-electron chi connectivity index (χ0n) is 12.3. The van der Waals surface area contributed by atoms with E-state index < -0.39 is 0 Å². The van der Waals surface area contributed by atoms with Crippen molar-refractivity contribution in [3.63, 3.8) is 0 Å². The van der Waals surface area contributed by atoms with Gasteiger partial charge in [-0.25, -0.2) is 0 Å². The molecule has 0 bridgehead atoms. The van der Waals surface area contributed by atoms with Crippen LogP contribution in [0.25, 0.3) is 0 Å². The third kappa shape index (κ3) is 5.00. The lowest BCUT2D eigenvalue weighted by Gasteiger charge is -2.26. The molecular formula is C16H23BrN2O2. The molecule has 1 aliphatic carbocycles. The Labute approximate surface area is 134 Å². The van der Waals surface area contributed by atoms with Crippen molar-refractivity contribution in [2.75, 3.05) is 6.54 Å². The van der Waals surface area contributed by atoms with Gasteiger partial charge in [-0.05, 0) is 54.2 Å². The number of rotatable bonds is 5. The first-order valence-corrected chi connectivity index (χ1v) is 8.30. The number of para-hydroxylation sites is 1. The summed E-state index contributed by atoms with van der Waals surface area (Å²) in [5, 5.41) is 2.98. The maximum atomic E-state index is 12.1. The van der Waals surface area contributed by atoms with Crippen LogP contribution >= 0.6 is 15.9 Å². The molecule has 1 aromatic carbocycles. The van der Waals surface area contributed by atoms with E-state index in [1.165, 1.54) is 0 Å². The SMILES string of the molecule is CC(CNC(=O)C1CCCC(N)C1)Oc1ccccc1Br. The van der Waals surface area contributed by atoms with Gasteiger partial charge in [-0.2, -0.15) is 0 Å². The van der Waals surface area contributed by atoms with Gasteiger partial charge < -0.3 is 15.8 Å². The largest absolute Gasteiger partial charge is 0.488 e. The van der Waals surface area contributed by atoms with E-state index in [9.17, 15) is 4.79 Å². The summed E-state index contributed by atoms with van der Waals surface area (Å²) in [5.74, 6) is 0.955. The predicted octanol–water partition coefficient (Wildman–Crippen LogP) is 2.85. The second-order valence-electron chi connectivity index (χ2n) is 5.73. The van der Waals surface area contributed by atoms with E-state index in [1.54, 1.807) is 0 Å². The molecule has 0 aromatic heterocycles. The molecule has 3 unspecified atom stereocenters. The molecular weight excluding hydrogens is 332 g/mol. The zero-order valence-corrected chi connectivity index (χ0v) is 13.9. The molecule has 21 heavy (non-hydrogen) atoms. The number of amides is 1. The Morgan fingerprint density at radius 1 is 1.48 bits per heavy atom. The molecule has 4 nitrogen and oxygen atoms in total. The van der Waals surface area contributed by atoms with Crippen LogP contribution in [0.4, 0.5) is 0 Å². The highest BCUT2D eigenvalue weighted by Crippen LogP contribution is 2.25. The summed E-state index contributed by atoms with van der Waals surface area (Å²) in [7, 11) is 0. The van der Waals surface area contributed by atoms with Crippen LogP contribution < -0.4 is 15.8 Å². The third-order valence-corrected chi connectivity index (χ3v) is 4.47. The quantitative estimate of drug-likeness (QED) is 0.854. The number of nitrogens with one attached hydrogen (secondary N) is 1. The lowest BCUT2D eigenvalue weighted by Crippen LogP contribution is -2.41. The minimum atomic E-state index is -0.0788. The third-order valence-electron chi connectivity index (χ3n) is 3.81. The van der Waals surface area contributed by atoms with E-state index >= 15 is 0 Å². The first kappa shape index (κ1) is 16.3. The van der Waals surface area contributed by atoms with Gasteiger partial charge in [0.25, 0.3) is 0 Å². The summed E-state index contributed by atoms with van der Waals surface area (Å²) >= 11 is 3.45. The van der Waals surface area contributed by atoms with Crippen LogP contribution in [0.1, 0.15) is 32.6 Å². The van der Waals surface area contributed by atoms with E-state index in [2.05, 4.69) is 21.2 Å². The molecule has 0 aliphatic heterocycles. The highest BCUT2D eigenvalue weighted by molar-refractivity contribution is 9.10. The van der Waals surface area contributed by atoms with Crippen molar-refractivity contribution >= 4 is 21.8 Å². The number of hydrogen-bond acceptors (Lipinski definition) is 3. The molecule has 1 amide bonds. The fraction of sp³-hybridized carbons (Fsp3) is 0.562. The Bertz CT molecular complexity index is 481. The van der Waals surface area contributed by atoms with Gasteiger partial charge in [0.2, 0.25) is 5.91 Å². The number of carbonyl (C=O) groups excluding carboxylic acids is 1. The highest BCUT2D eigenvalue weighted by Gasteiger charge is 2.25. The molecule has 2 rings (SSSR count). The lowest BCUT2D eigenvalue weighted by atomic mass is 9.85. The van der Waals surface area contributed by atoms with Gasteiger partial charge in [-0.15, -0.1) is 0 Å². The summed E-state index contributed by atoms with van der Waals surface area (Å²) in [6.07, 6.45) is 3.74. The van der Waals surface area contributed by atoms with E-state index in [4.69, 9.17) is 10.5 Å². The van der Waals surface area contributed by atoms with E-state index in [1.807, 2.05) is 31.2 Å². The minimum absolute atomic E-state index is 0.0596. The average Bonchev–Trinajstić information content (AvgIpc) is 2.47. The molecule has 0 saturated heterocycles. The fourth-order valence-electron chi connectivity index (χ4n) is 2.65. The van der Waals surface area contributed by atoms with Gasteiger partial charge >= 0.3 is 0 Å². The van der Waals surface area contributed by atoms with Crippen LogP contribution in [0, 0.1) is 5.92 Å². The summed E-state index contributed by atoms with van der Waals surface area (Å²) in [4.78, 5) is 12.1. The second kappa shape index (κ2) is 7.80. The zero-order chi connectivity index (χ0) is 15.2. The molecule has 0 spiro atoms. The minimum Gasteiger partial charge on any atom is -0.488 e.